The number of amides is 2. The molecule has 154 valence electrons. The average molecular weight is 399 g/mol. The molecule has 9 heteroatoms. The first-order valence-corrected chi connectivity index (χ1v) is 10.2. The molecule has 3 aliphatic rings. The third-order valence-electron chi connectivity index (χ3n) is 6.62. The Labute approximate surface area is 168 Å². The standard InChI is InChI=1S/C20H25N5O4/c26-18(4-1-7-25-13-21-12-23-25)24-10-15-14(16-5-6-20(15,11-24)29-16)9-22-19(27)17-3-2-8-28-17/h2-3,8,12-16H,1,4-7,9-11H2,(H,22,27)/t14-,15+,16+,20+/m0/s1. The number of likely N-dealkylation sites (tertiary alicyclic amines) is 1. The van der Waals surface area contributed by atoms with Crippen LogP contribution in [-0.4, -0.2) is 62.8 Å². The van der Waals surface area contributed by atoms with Gasteiger partial charge in [-0.15, -0.1) is 0 Å². The van der Waals surface area contributed by atoms with Crippen molar-refractivity contribution in [1.82, 2.24) is 25.0 Å². The van der Waals surface area contributed by atoms with Crippen LogP contribution in [0.25, 0.3) is 0 Å². The molecule has 3 aliphatic heterocycles. The monoisotopic (exact) mass is 399 g/mol. The molecule has 2 aromatic heterocycles. The van der Waals surface area contributed by atoms with Gasteiger partial charge in [0, 0.05) is 37.9 Å². The first-order valence-electron chi connectivity index (χ1n) is 10.2. The van der Waals surface area contributed by atoms with Gasteiger partial charge in [0.05, 0.1) is 24.5 Å². The fourth-order valence-corrected chi connectivity index (χ4v) is 5.26. The van der Waals surface area contributed by atoms with E-state index in [9.17, 15) is 9.59 Å². The molecule has 4 atom stereocenters. The fourth-order valence-electron chi connectivity index (χ4n) is 5.26. The number of aromatic nitrogens is 3. The predicted molar refractivity (Wildman–Crippen MR) is 101 cm³/mol. The summed E-state index contributed by atoms with van der Waals surface area (Å²) in [6.45, 7) is 2.61. The number of nitrogens with one attached hydrogen (secondary N) is 1. The van der Waals surface area contributed by atoms with E-state index < -0.39 is 0 Å². The Hall–Kier alpha value is -2.68. The van der Waals surface area contributed by atoms with Gasteiger partial charge < -0.3 is 19.4 Å². The Morgan fingerprint density at radius 3 is 3.10 bits per heavy atom. The van der Waals surface area contributed by atoms with Crippen molar-refractivity contribution < 1.29 is 18.7 Å². The second-order valence-corrected chi connectivity index (χ2v) is 8.25. The number of carbonyl (C=O) groups excluding carboxylic acids is 2. The Bertz CT molecular complexity index is 868. The summed E-state index contributed by atoms with van der Waals surface area (Å²) in [5.74, 6) is 0.789. The number of aryl methyl sites for hydroxylation is 1. The van der Waals surface area contributed by atoms with E-state index in [0.29, 0.717) is 38.4 Å². The highest BCUT2D eigenvalue weighted by Gasteiger charge is 2.63. The number of carbonyl (C=O) groups is 2. The second kappa shape index (κ2) is 7.29. The van der Waals surface area contributed by atoms with Crippen LogP contribution < -0.4 is 5.32 Å². The van der Waals surface area contributed by atoms with Crippen LogP contribution in [0.5, 0.6) is 0 Å². The lowest BCUT2D eigenvalue weighted by atomic mass is 9.73. The van der Waals surface area contributed by atoms with Crippen molar-refractivity contribution in [2.75, 3.05) is 19.6 Å². The van der Waals surface area contributed by atoms with Crippen molar-refractivity contribution in [2.45, 2.75) is 43.9 Å². The summed E-state index contributed by atoms with van der Waals surface area (Å²) in [5.41, 5.74) is -0.230. The van der Waals surface area contributed by atoms with E-state index in [1.165, 1.54) is 12.6 Å². The Morgan fingerprint density at radius 1 is 1.38 bits per heavy atom. The van der Waals surface area contributed by atoms with E-state index in [2.05, 4.69) is 15.4 Å². The summed E-state index contributed by atoms with van der Waals surface area (Å²) < 4.78 is 13.3. The van der Waals surface area contributed by atoms with E-state index in [4.69, 9.17) is 9.15 Å². The molecule has 1 spiro atoms. The molecule has 3 saturated heterocycles. The highest BCUT2D eigenvalue weighted by Crippen LogP contribution is 2.54. The minimum absolute atomic E-state index is 0.166. The van der Waals surface area contributed by atoms with Crippen molar-refractivity contribution in [3.05, 3.63) is 36.8 Å². The molecule has 0 unspecified atom stereocenters. The smallest absolute Gasteiger partial charge is 0.286 e. The molecule has 2 amide bonds. The molecule has 0 aliphatic carbocycles. The van der Waals surface area contributed by atoms with Gasteiger partial charge in [0.25, 0.3) is 5.91 Å². The highest BCUT2D eigenvalue weighted by atomic mass is 16.5. The second-order valence-electron chi connectivity index (χ2n) is 8.25. The Morgan fingerprint density at radius 2 is 2.31 bits per heavy atom. The van der Waals surface area contributed by atoms with Crippen LogP contribution in [0.1, 0.15) is 36.2 Å². The summed E-state index contributed by atoms with van der Waals surface area (Å²) in [6.07, 6.45) is 8.04. The van der Waals surface area contributed by atoms with Gasteiger partial charge in [0.2, 0.25) is 5.91 Å². The van der Waals surface area contributed by atoms with Gasteiger partial charge in [-0.3, -0.25) is 14.3 Å². The largest absolute Gasteiger partial charge is 0.459 e. The van der Waals surface area contributed by atoms with Crippen molar-refractivity contribution in [3.8, 4) is 0 Å². The molecule has 3 fully saturated rings. The molecular formula is C20H25N5O4. The summed E-state index contributed by atoms with van der Waals surface area (Å²) in [6, 6.07) is 3.36. The van der Waals surface area contributed by atoms with Crippen LogP contribution in [0.15, 0.2) is 35.5 Å². The van der Waals surface area contributed by atoms with Gasteiger partial charge in [0.15, 0.2) is 5.76 Å². The lowest BCUT2D eigenvalue weighted by Crippen LogP contribution is -2.41. The van der Waals surface area contributed by atoms with E-state index in [1.54, 1.807) is 23.1 Å². The van der Waals surface area contributed by atoms with E-state index in [0.717, 1.165) is 19.3 Å². The zero-order chi connectivity index (χ0) is 19.8. The topological polar surface area (TPSA) is 102 Å². The van der Waals surface area contributed by atoms with Crippen molar-refractivity contribution in [2.24, 2.45) is 11.8 Å². The number of nitrogens with zero attached hydrogens (tertiary/aromatic N) is 4. The summed E-state index contributed by atoms with van der Waals surface area (Å²) in [5, 5.41) is 7.05. The first-order chi connectivity index (χ1) is 14.1. The summed E-state index contributed by atoms with van der Waals surface area (Å²) in [7, 11) is 0. The molecule has 5 heterocycles. The lowest BCUT2D eigenvalue weighted by molar-refractivity contribution is -0.131. The maximum Gasteiger partial charge on any atom is 0.286 e. The molecule has 0 radical (unpaired) electrons. The average Bonchev–Trinajstić information content (AvgIpc) is 3.52. The summed E-state index contributed by atoms with van der Waals surface area (Å²) >= 11 is 0. The molecule has 29 heavy (non-hydrogen) atoms. The highest BCUT2D eigenvalue weighted by molar-refractivity contribution is 5.91. The van der Waals surface area contributed by atoms with Gasteiger partial charge in [-0.2, -0.15) is 5.10 Å². The van der Waals surface area contributed by atoms with E-state index >= 15 is 0 Å². The minimum atomic E-state index is -0.230. The number of hydrogen-bond donors (Lipinski definition) is 1. The normalized spacial score (nSPS) is 29.9. The quantitative estimate of drug-likeness (QED) is 0.748. The zero-order valence-corrected chi connectivity index (χ0v) is 16.2. The van der Waals surface area contributed by atoms with Crippen LogP contribution >= 0.6 is 0 Å². The molecule has 0 saturated carbocycles. The molecule has 1 N–H and O–H groups in total. The molecule has 0 aromatic carbocycles. The van der Waals surface area contributed by atoms with Crippen LogP contribution in [0.2, 0.25) is 0 Å². The SMILES string of the molecule is O=C(NC[C@H]1[C@H]2CN(C(=O)CCCn3cncn3)C[C@]23CC[C@H]1O3)c1ccco1. The molecular weight excluding hydrogens is 374 g/mol. The molecule has 2 bridgehead atoms. The van der Waals surface area contributed by atoms with E-state index in [1.807, 2.05) is 4.90 Å². The minimum Gasteiger partial charge on any atom is -0.459 e. The maximum absolute atomic E-state index is 12.7. The van der Waals surface area contributed by atoms with Gasteiger partial charge in [-0.05, 0) is 31.4 Å². The van der Waals surface area contributed by atoms with Crippen LogP contribution in [0.4, 0.5) is 0 Å². The molecule has 5 rings (SSSR count). The molecule has 2 aromatic rings. The molecule has 9 nitrogen and oxygen atoms in total. The van der Waals surface area contributed by atoms with Gasteiger partial charge in [0.1, 0.15) is 12.7 Å². The Balaban J connectivity index is 1.17. The lowest BCUT2D eigenvalue weighted by Gasteiger charge is -2.29. The van der Waals surface area contributed by atoms with Gasteiger partial charge in [-0.25, -0.2) is 4.98 Å². The van der Waals surface area contributed by atoms with Gasteiger partial charge in [-0.1, -0.05) is 0 Å². The van der Waals surface area contributed by atoms with Crippen LogP contribution in [0, 0.1) is 11.8 Å². The Kier molecular flexibility index (Phi) is 4.61. The van der Waals surface area contributed by atoms with Crippen molar-refractivity contribution >= 4 is 11.8 Å². The third kappa shape index (κ3) is 3.33. The number of furan rings is 1. The van der Waals surface area contributed by atoms with Crippen LogP contribution in [0.3, 0.4) is 0 Å². The number of fused-ring (bicyclic) bond motifs is 1. The fraction of sp³-hybridized carbons (Fsp3) is 0.600. The summed E-state index contributed by atoms with van der Waals surface area (Å²) in [4.78, 5) is 30.8. The van der Waals surface area contributed by atoms with E-state index in [-0.39, 0.29) is 35.4 Å². The number of ether oxygens (including phenoxy) is 1. The zero-order valence-electron chi connectivity index (χ0n) is 16.2. The third-order valence-corrected chi connectivity index (χ3v) is 6.62. The van der Waals surface area contributed by atoms with Gasteiger partial charge >= 0.3 is 0 Å². The first kappa shape index (κ1) is 18.4. The van der Waals surface area contributed by atoms with Crippen LogP contribution in [-0.2, 0) is 16.1 Å². The number of hydrogen-bond acceptors (Lipinski definition) is 6. The van der Waals surface area contributed by atoms with Crippen molar-refractivity contribution in [1.29, 1.82) is 0 Å². The van der Waals surface area contributed by atoms with Crippen molar-refractivity contribution in [3.63, 3.8) is 0 Å². The maximum atomic E-state index is 12.7. The predicted octanol–water partition coefficient (Wildman–Crippen LogP) is 1.09. The number of rotatable bonds is 7.